The molecule has 0 unspecified atom stereocenters. The average Bonchev–Trinajstić information content (AvgIpc) is 2.17. The molecule has 2 nitrogen and oxygen atoms in total. The number of halogens is 1. The minimum Gasteiger partial charge on any atom is -0.466 e. The number of allylic oxidation sites excluding steroid dienone is 1. The van der Waals surface area contributed by atoms with Crippen LogP contribution in [-0.2, 0) is 4.74 Å². The van der Waals surface area contributed by atoms with Crippen LogP contribution in [0.5, 0.6) is 5.75 Å². The SMILES string of the molecule is C/C=C/c1ccc(OCOC)c(I)c1. The summed E-state index contributed by atoms with van der Waals surface area (Å²) in [5, 5.41) is 0. The highest BCUT2D eigenvalue weighted by atomic mass is 127. The Morgan fingerprint density at radius 3 is 2.79 bits per heavy atom. The van der Waals surface area contributed by atoms with Gasteiger partial charge in [-0.3, -0.25) is 0 Å². The lowest BCUT2D eigenvalue weighted by Gasteiger charge is -2.07. The molecule has 0 bridgehead atoms. The summed E-state index contributed by atoms with van der Waals surface area (Å²) < 4.78 is 11.3. The maximum atomic E-state index is 5.37. The molecule has 3 heteroatoms. The summed E-state index contributed by atoms with van der Waals surface area (Å²) in [6.07, 6.45) is 4.07. The first kappa shape index (κ1) is 11.5. The Balaban J connectivity index is 2.79. The molecule has 0 radical (unpaired) electrons. The van der Waals surface area contributed by atoms with Crippen LogP contribution in [0.1, 0.15) is 12.5 Å². The molecule has 0 amide bonds. The fourth-order valence-corrected chi connectivity index (χ4v) is 1.75. The van der Waals surface area contributed by atoms with Gasteiger partial charge in [-0.1, -0.05) is 18.2 Å². The lowest BCUT2D eigenvalue weighted by molar-refractivity contribution is 0.0505. The highest BCUT2D eigenvalue weighted by Gasteiger charge is 2.00. The van der Waals surface area contributed by atoms with E-state index in [4.69, 9.17) is 9.47 Å². The number of benzene rings is 1. The van der Waals surface area contributed by atoms with E-state index >= 15 is 0 Å². The molecule has 0 saturated carbocycles. The van der Waals surface area contributed by atoms with Crippen molar-refractivity contribution in [1.82, 2.24) is 0 Å². The van der Waals surface area contributed by atoms with Crippen molar-refractivity contribution in [3.05, 3.63) is 33.4 Å². The Hall–Kier alpha value is -0.550. The summed E-state index contributed by atoms with van der Waals surface area (Å²) in [5.41, 5.74) is 1.18. The van der Waals surface area contributed by atoms with Crippen molar-refractivity contribution in [2.24, 2.45) is 0 Å². The lowest BCUT2D eigenvalue weighted by atomic mass is 10.2. The Morgan fingerprint density at radius 1 is 1.43 bits per heavy atom. The molecule has 0 spiro atoms. The number of methoxy groups -OCH3 is 1. The molecular formula is C11H13IO2. The molecular weight excluding hydrogens is 291 g/mol. The van der Waals surface area contributed by atoms with Gasteiger partial charge in [0, 0.05) is 7.11 Å². The van der Waals surface area contributed by atoms with Crippen molar-refractivity contribution < 1.29 is 9.47 Å². The average molecular weight is 304 g/mol. The van der Waals surface area contributed by atoms with Gasteiger partial charge in [0.05, 0.1) is 3.57 Å². The van der Waals surface area contributed by atoms with Crippen LogP contribution in [-0.4, -0.2) is 13.9 Å². The quantitative estimate of drug-likeness (QED) is 0.627. The van der Waals surface area contributed by atoms with E-state index in [1.54, 1.807) is 7.11 Å². The molecule has 0 aliphatic rings. The minimum atomic E-state index is 0.291. The number of rotatable bonds is 4. The largest absolute Gasteiger partial charge is 0.466 e. The number of hydrogen-bond acceptors (Lipinski definition) is 2. The highest BCUT2D eigenvalue weighted by Crippen LogP contribution is 2.22. The van der Waals surface area contributed by atoms with Crippen LogP contribution >= 0.6 is 22.6 Å². The fourth-order valence-electron chi connectivity index (χ4n) is 1.05. The molecule has 0 aliphatic heterocycles. The second kappa shape index (κ2) is 6.03. The predicted molar refractivity (Wildman–Crippen MR) is 66.4 cm³/mol. The van der Waals surface area contributed by atoms with Gasteiger partial charge in [0.25, 0.3) is 0 Å². The molecule has 0 aromatic heterocycles. The summed E-state index contributed by atoms with van der Waals surface area (Å²) in [4.78, 5) is 0. The standard InChI is InChI=1S/C11H13IO2/c1-3-4-9-5-6-11(10(12)7-9)14-8-13-2/h3-7H,8H2,1-2H3/b4-3+. The van der Waals surface area contributed by atoms with Crippen LogP contribution in [0.2, 0.25) is 0 Å². The summed E-state index contributed by atoms with van der Waals surface area (Å²) in [6.45, 7) is 2.29. The maximum Gasteiger partial charge on any atom is 0.188 e. The van der Waals surface area contributed by atoms with E-state index in [9.17, 15) is 0 Å². The maximum absolute atomic E-state index is 5.37. The third kappa shape index (κ3) is 3.31. The molecule has 0 N–H and O–H groups in total. The van der Waals surface area contributed by atoms with E-state index in [1.807, 2.05) is 25.1 Å². The van der Waals surface area contributed by atoms with Crippen LogP contribution < -0.4 is 4.74 Å². The van der Waals surface area contributed by atoms with Crippen molar-refractivity contribution in [3.63, 3.8) is 0 Å². The number of ether oxygens (including phenoxy) is 2. The van der Waals surface area contributed by atoms with Gasteiger partial charge in [-0.15, -0.1) is 0 Å². The topological polar surface area (TPSA) is 18.5 Å². The Kier molecular flexibility index (Phi) is 4.97. The van der Waals surface area contributed by atoms with Gasteiger partial charge < -0.3 is 9.47 Å². The Labute approximate surface area is 98.1 Å². The van der Waals surface area contributed by atoms with Crippen LogP contribution in [0.25, 0.3) is 6.08 Å². The molecule has 0 fully saturated rings. The summed E-state index contributed by atoms with van der Waals surface area (Å²) >= 11 is 2.25. The summed E-state index contributed by atoms with van der Waals surface area (Å²) in [5.74, 6) is 0.862. The zero-order valence-corrected chi connectivity index (χ0v) is 10.4. The molecule has 76 valence electrons. The van der Waals surface area contributed by atoms with Crippen LogP contribution in [0, 0.1) is 3.57 Å². The van der Waals surface area contributed by atoms with Gasteiger partial charge in [-0.05, 0) is 47.2 Å². The Morgan fingerprint density at radius 2 is 2.21 bits per heavy atom. The molecule has 0 atom stereocenters. The van der Waals surface area contributed by atoms with Crippen LogP contribution in [0.4, 0.5) is 0 Å². The molecule has 14 heavy (non-hydrogen) atoms. The van der Waals surface area contributed by atoms with E-state index in [2.05, 4.69) is 34.7 Å². The summed E-state index contributed by atoms with van der Waals surface area (Å²) in [6, 6.07) is 6.05. The van der Waals surface area contributed by atoms with Gasteiger partial charge in [-0.2, -0.15) is 0 Å². The molecule has 1 aromatic carbocycles. The zero-order valence-electron chi connectivity index (χ0n) is 8.29. The first-order valence-corrected chi connectivity index (χ1v) is 5.39. The van der Waals surface area contributed by atoms with Gasteiger partial charge in [-0.25, -0.2) is 0 Å². The van der Waals surface area contributed by atoms with Gasteiger partial charge in [0.1, 0.15) is 5.75 Å². The second-order valence-electron chi connectivity index (χ2n) is 2.74. The normalized spacial score (nSPS) is 10.8. The van der Waals surface area contributed by atoms with Gasteiger partial charge in [0.15, 0.2) is 6.79 Å². The van der Waals surface area contributed by atoms with E-state index in [0.29, 0.717) is 6.79 Å². The fraction of sp³-hybridized carbons (Fsp3) is 0.273. The van der Waals surface area contributed by atoms with Crippen molar-refractivity contribution in [2.45, 2.75) is 6.92 Å². The molecule has 1 rings (SSSR count). The minimum absolute atomic E-state index is 0.291. The van der Waals surface area contributed by atoms with E-state index in [-0.39, 0.29) is 0 Å². The van der Waals surface area contributed by atoms with Gasteiger partial charge >= 0.3 is 0 Å². The zero-order chi connectivity index (χ0) is 10.4. The first-order chi connectivity index (χ1) is 6.77. The first-order valence-electron chi connectivity index (χ1n) is 4.32. The monoisotopic (exact) mass is 304 g/mol. The van der Waals surface area contributed by atoms with E-state index in [0.717, 1.165) is 9.32 Å². The van der Waals surface area contributed by atoms with Crippen molar-refractivity contribution in [3.8, 4) is 5.75 Å². The molecule has 1 aromatic rings. The second-order valence-corrected chi connectivity index (χ2v) is 3.90. The predicted octanol–water partition coefficient (Wildman–Crippen LogP) is 3.31. The van der Waals surface area contributed by atoms with Crippen LogP contribution in [0.3, 0.4) is 0 Å². The Bertz CT molecular complexity index is 321. The molecule has 0 heterocycles. The molecule has 0 aliphatic carbocycles. The van der Waals surface area contributed by atoms with Crippen molar-refractivity contribution in [2.75, 3.05) is 13.9 Å². The smallest absolute Gasteiger partial charge is 0.188 e. The van der Waals surface area contributed by atoms with Crippen LogP contribution in [0.15, 0.2) is 24.3 Å². The van der Waals surface area contributed by atoms with Crippen molar-refractivity contribution >= 4 is 28.7 Å². The van der Waals surface area contributed by atoms with Gasteiger partial charge in [0.2, 0.25) is 0 Å². The third-order valence-corrected chi connectivity index (χ3v) is 2.49. The van der Waals surface area contributed by atoms with E-state index in [1.165, 1.54) is 5.56 Å². The third-order valence-electron chi connectivity index (χ3n) is 1.65. The van der Waals surface area contributed by atoms with E-state index < -0.39 is 0 Å². The van der Waals surface area contributed by atoms with Crippen molar-refractivity contribution in [1.29, 1.82) is 0 Å². The molecule has 0 saturated heterocycles. The lowest BCUT2D eigenvalue weighted by Crippen LogP contribution is -2.00. The highest BCUT2D eigenvalue weighted by molar-refractivity contribution is 14.1. The summed E-state index contributed by atoms with van der Waals surface area (Å²) in [7, 11) is 1.61. The number of hydrogen-bond donors (Lipinski definition) is 0.